The summed E-state index contributed by atoms with van der Waals surface area (Å²) < 4.78 is 0. The summed E-state index contributed by atoms with van der Waals surface area (Å²) in [6.45, 7) is 6.41. The van der Waals surface area contributed by atoms with Crippen LogP contribution in [-0.4, -0.2) is 18.0 Å². The molecule has 1 unspecified atom stereocenters. The van der Waals surface area contributed by atoms with Gasteiger partial charge in [-0.25, -0.2) is 0 Å². The molecule has 0 radical (unpaired) electrons. The van der Waals surface area contributed by atoms with E-state index in [1.54, 1.807) is 24.3 Å². The third-order valence-corrected chi connectivity index (χ3v) is 3.42. The molecule has 1 rings (SSSR count). The number of amides is 1. The fourth-order valence-electron chi connectivity index (χ4n) is 1.39. The number of benzene rings is 1. The van der Waals surface area contributed by atoms with Crippen molar-refractivity contribution in [2.24, 2.45) is 11.7 Å². The van der Waals surface area contributed by atoms with Gasteiger partial charge in [-0.15, -0.1) is 12.4 Å². The molecule has 3 nitrogen and oxygen atoms in total. The summed E-state index contributed by atoms with van der Waals surface area (Å²) >= 11 is 5.85. The number of hydrogen-bond donors (Lipinski definition) is 2. The Morgan fingerprint density at radius 2 is 2.11 bits per heavy atom. The third kappa shape index (κ3) is 4.16. The van der Waals surface area contributed by atoms with Gasteiger partial charge in [0.05, 0.1) is 5.54 Å². The average Bonchev–Trinajstić information content (AvgIpc) is 2.28. The maximum absolute atomic E-state index is 12.1. The molecule has 5 heteroatoms. The normalized spacial score (nSPS) is 13.7. The SMILES string of the molecule is CC(C)C(C)(CN)NC(=O)c1cccc(Cl)c1.Cl. The molecule has 0 fully saturated rings. The fourth-order valence-corrected chi connectivity index (χ4v) is 1.58. The summed E-state index contributed by atoms with van der Waals surface area (Å²) in [5.41, 5.74) is 5.87. The molecular weight excluding hydrogens is 271 g/mol. The van der Waals surface area contributed by atoms with Crippen LogP contribution in [0.5, 0.6) is 0 Å². The lowest BCUT2D eigenvalue weighted by molar-refractivity contribution is 0.0883. The Labute approximate surface area is 119 Å². The van der Waals surface area contributed by atoms with E-state index in [1.165, 1.54) is 0 Å². The number of hydrogen-bond acceptors (Lipinski definition) is 2. The van der Waals surface area contributed by atoms with Crippen molar-refractivity contribution in [2.75, 3.05) is 6.54 Å². The highest BCUT2D eigenvalue weighted by Gasteiger charge is 2.28. The molecule has 0 saturated carbocycles. The predicted octanol–water partition coefficient (Wildman–Crippen LogP) is 2.87. The smallest absolute Gasteiger partial charge is 0.251 e. The Kier molecular flexibility index (Phi) is 6.68. The van der Waals surface area contributed by atoms with Crippen LogP contribution >= 0.6 is 24.0 Å². The second-order valence-corrected chi connectivity index (χ2v) is 5.18. The van der Waals surface area contributed by atoms with Gasteiger partial charge in [-0.05, 0) is 31.0 Å². The van der Waals surface area contributed by atoms with Gasteiger partial charge in [-0.3, -0.25) is 4.79 Å². The lowest BCUT2D eigenvalue weighted by Crippen LogP contribution is -2.55. The van der Waals surface area contributed by atoms with Crippen molar-refractivity contribution in [2.45, 2.75) is 26.3 Å². The van der Waals surface area contributed by atoms with Crippen LogP contribution in [0.3, 0.4) is 0 Å². The Morgan fingerprint density at radius 1 is 1.50 bits per heavy atom. The van der Waals surface area contributed by atoms with Crippen molar-refractivity contribution in [1.29, 1.82) is 0 Å². The summed E-state index contributed by atoms with van der Waals surface area (Å²) in [6, 6.07) is 6.88. The zero-order valence-electron chi connectivity index (χ0n) is 10.9. The minimum Gasteiger partial charge on any atom is -0.345 e. The van der Waals surface area contributed by atoms with Crippen molar-refractivity contribution in [3.8, 4) is 0 Å². The first-order valence-electron chi connectivity index (χ1n) is 5.67. The molecule has 3 N–H and O–H groups in total. The molecule has 0 aliphatic rings. The first-order chi connectivity index (χ1) is 7.89. The van der Waals surface area contributed by atoms with Gasteiger partial charge in [0.25, 0.3) is 5.91 Å². The van der Waals surface area contributed by atoms with Crippen molar-refractivity contribution in [3.63, 3.8) is 0 Å². The minimum absolute atomic E-state index is 0. The van der Waals surface area contributed by atoms with E-state index in [0.717, 1.165) is 0 Å². The van der Waals surface area contributed by atoms with Crippen molar-refractivity contribution in [1.82, 2.24) is 5.32 Å². The van der Waals surface area contributed by atoms with E-state index < -0.39 is 5.54 Å². The lowest BCUT2D eigenvalue weighted by atomic mass is 9.88. The van der Waals surface area contributed by atoms with Crippen LogP contribution in [0.4, 0.5) is 0 Å². The van der Waals surface area contributed by atoms with Gasteiger partial charge in [0.1, 0.15) is 0 Å². The van der Waals surface area contributed by atoms with Crippen molar-refractivity contribution >= 4 is 29.9 Å². The van der Waals surface area contributed by atoms with E-state index in [9.17, 15) is 4.79 Å². The van der Waals surface area contributed by atoms with Gasteiger partial charge in [-0.2, -0.15) is 0 Å². The Bertz CT molecular complexity index is 410. The number of nitrogens with one attached hydrogen (secondary N) is 1. The number of carbonyl (C=O) groups excluding carboxylic acids is 1. The Morgan fingerprint density at radius 3 is 2.56 bits per heavy atom. The zero-order valence-corrected chi connectivity index (χ0v) is 12.4. The zero-order chi connectivity index (χ0) is 13.1. The number of nitrogens with two attached hydrogens (primary N) is 1. The molecule has 1 atom stereocenters. The quantitative estimate of drug-likeness (QED) is 0.896. The minimum atomic E-state index is -0.403. The van der Waals surface area contributed by atoms with Crippen LogP contribution in [0, 0.1) is 5.92 Å². The van der Waals surface area contributed by atoms with Crippen LogP contribution < -0.4 is 11.1 Å². The van der Waals surface area contributed by atoms with E-state index in [1.807, 2.05) is 20.8 Å². The maximum Gasteiger partial charge on any atom is 0.251 e. The Hall–Kier alpha value is -0.770. The molecule has 0 heterocycles. The van der Waals surface area contributed by atoms with Gasteiger partial charge in [-0.1, -0.05) is 31.5 Å². The van der Waals surface area contributed by atoms with Crippen LogP contribution in [0.2, 0.25) is 5.02 Å². The largest absolute Gasteiger partial charge is 0.345 e. The number of carbonyl (C=O) groups is 1. The molecule has 1 amide bonds. The molecule has 0 aromatic heterocycles. The summed E-state index contributed by atoms with van der Waals surface area (Å²) in [4.78, 5) is 12.1. The topological polar surface area (TPSA) is 55.1 Å². The van der Waals surface area contributed by atoms with Crippen molar-refractivity contribution in [3.05, 3.63) is 34.9 Å². The van der Waals surface area contributed by atoms with E-state index in [0.29, 0.717) is 17.1 Å². The summed E-state index contributed by atoms with van der Waals surface area (Å²) in [7, 11) is 0. The highest BCUT2D eigenvalue weighted by atomic mass is 35.5. The highest BCUT2D eigenvalue weighted by molar-refractivity contribution is 6.30. The first-order valence-corrected chi connectivity index (χ1v) is 6.05. The highest BCUT2D eigenvalue weighted by Crippen LogP contribution is 2.17. The summed E-state index contributed by atoms with van der Waals surface area (Å²) in [6.07, 6.45) is 0. The molecule has 18 heavy (non-hydrogen) atoms. The second kappa shape index (κ2) is 6.98. The third-order valence-electron chi connectivity index (χ3n) is 3.18. The van der Waals surface area contributed by atoms with Gasteiger partial charge in [0.15, 0.2) is 0 Å². The van der Waals surface area contributed by atoms with Gasteiger partial charge in [0, 0.05) is 17.1 Å². The lowest BCUT2D eigenvalue weighted by Gasteiger charge is -2.33. The molecule has 1 aromatic carbocycles. The summed E-state index contributed by atoms with van der Waals surface area (Å²) in [5, 5.41) is 3.52. The standard InChI is InChI=1S/C13H19ClN2O.ClH/c1-9(2)13(3,8-15)16-12(17)10-5-4-6-11(14)7-10;/h4-7,9H,8,15H2,1-3H3,(H,16,17);1H. The Balaban J connectivity index is 0.00000289. The number of rotatable bonds is 4. The van der Waals surface area contributed by atoms with E-state index in [-0.39, 0.29) is 24.2 Å². The molecule has 1 aromatic rings. The molecule has 0 aliphatic carbocycles. The molecule has 0 spiro atoms. The van der Waals surface area contributed by atoms with E-state index in [2.05, 4.69) is 5.32 Å². The van der Waals surface area contributed by atoms with Crippen LogP contribution in [0.25, 0.3) is 0 Å². The molecule has 0 bridgehead atoms. The van der Waals surface area contributed by atoms with E-state index >= 15 is 0 Å². The van der Waals surface area contributed by atoms with Gasteiger partial charge < -0.3 is 11.1 Å². The van der Waals surface area contributed by atoms with Crippen molar-refractivity contribution < 1.29 is 4.79 Å². The summed E-state index contributed by atoms with van der Waals surface area (Å²) in [5.74, 6) is 0.116. The van der Waals surface area contributed by atoms with Crippen LogP contribution in [0.15, 0.2) is 24.3 Å². The maximum atomic E-state index is 12.1. The van der Waals surface area contributed by atoms with Gasteiger partial charge >= 0.3 is 0 Å². The molecule has 0 aliphatic heterocycles. The fraction of sp³-hybridized carbons (Fsp3) is 0.462. The van der Waals surface area contributed by atoms with Crippen LogP contribution in [0.1, 0.15) is 31.1 Å². The molecule has 102 valence electrons. The predicted molar refractivity (Wildman–Crippen MR) is 78.5 cm³/mol. The molecular formula is C13H20Cl2N2O. The average molecular weight is 291 g/mol. The van der Waals surface area contributed by atoms with Crippen LogP contribution in [-0.2, 0) is 0 Å². The second-order valence-electron chi connectivity index (χ2n) is 4.74. The molecule has 0 saturated heterocycles. The number of halogens is 2. The van der Waals surface area contributed by atoms with E-state index in [4.69, 9.17) is 17.3 Å². The first kappa shape index (κ1) is 17.2. The van der Waals surface area contributed by atoms with Gasteiger partial charge in [0.2, 0.25) is 0 Å². The monoisotopic (exact) mass is 290 g/mol.